The third kappa shape index (κ3) is 7.67. The molecule has 0 fully saturated rings. The molecule has 3 aromatic rings. The van der Waals surface area contributed by atoms with E-state index in [-0.39, 0.29) is 74.4 Å². The molecule has 0 aliphatic rings. The Morgan fingerprint density at radius 1 is 1.10 bits per heavy atom. The number of carboxylic acid groups (broad SMARTS) is 1. The molecule has 1 heterocycles. The van der Waals surface area contributed by atoms with Crippen LogP contribution in [0, 0.1) is 0 Å². The molecule has 0 unspecified atom stereocenters. The van der Waals surface area contributed by atoms with Gasteiger partial charge in [-0.05, 0) is 36.2 Å². The summed E-state index contributed by atoms with van der Waals surface area (Å²) in [6, 6.07) is 17.5. The summed E-state index contributed by atoms with van der Waals surface area (Å²) in [6.07, 6.45) is 2.28. The Bertz CT molecular complexity index is 965. The van der Waals surface area contributed by atoms with Gasteiger partial charge in [-0.1, -0.05) is 46.3 Å². The van der Waals surface area contributed by atoms with Gasteiger partial charge in [-0.3, -0.25) is 9.48 Å². The van der Waals surface area contributed by atoms with Crippen LogP contribution in [0.4, 0.5) is 5.69 Å². The molecule has 6 nitrogen and oxygen atoms in total. The number of nitrogens with one attached hydrogen (secondary N) is 1. The molecule has 146 valence electrons. The molecule has 9 heteroatoms. The number of aromatic carboxylic acids is 1. The summed E-state index contributed by atoms with van der Waals surface area (Å²) in [6.45, 7) is 0.522. The average molecular weight is 500 g/mol. The van der Waals surface area contributed by atoms with Crippen molar-refractivity contribution in [1.29, 1.82) is 0 Å². The number of rotatable bonds is 8. The number of aromatic nitrogens is 2. The van der Waals surface area contributed by atoms with Crippen molar-refractivity contribution in [3.8, 4) is 0 Å². The summed E-state index contributed by atoms with van der Waals surface area (Å²) in [5.41, 5.74) is 1.18. The Kier molecular flexibility index (Phi) is 10.1. The number of nitrogens with zero attached hydrogens (tertiary/aromatic N) is 2. The molecule has 0 spiro atoms. The van der Waals surface area contributed by atoms with E-state index < -0.39 is 5.97 Å². The number of carbonyl (C=O) groups excluding carboxylic acids is 1. The van der Waals surface area contributed by atoms with Crippen molar-refractivity contribution >= 4 is 96.6 Å². The molecule has 1 amide bonds. The first-order valence-electron chi connectivity index (χ1n) is 8.54. The maximum atomic E-state index is 12.2. The molecule has 1 aromatic heterocycles. The molecular formula is C20H19BrKN3O3S. The molecule has 0 saturated heterocycles. The summed E-state index contributed by atoms with van der Waals surface area (Å²) >= 11 is 4.75. The van der Waals surface area contributed by atoms with Gasteiger partial charge in [-0.25, -0.2) is 4.79 Å². The fourth-order valence-corrected chi connectivity index (χ4v) is 3.50. The standard InChI is InChI=1S/C20H18BrN3O3S.K.H/c21-15-6-8-16(9-7-15)28-13-18(25)22-17-12-24(23-19(17)20(26)27)11-10-14-4-2-1-3-5-14;;/h1-9,12H,10-11,13H2,(H,22,25)(H,26,27);;. The van der Waals surface area contributed by atoms with Gasteiger partial charge >= 0.3 is 57.4 Å². The van der Waals surface area contributed by atoms with Gasteiger partial charge in [0.15, 0.2) is 5.69 Å². The van der Waals surface area contributed by atoms with Crippen LogP contribution in [0.5, 0.6) is 0 Å². The molecule has 2 N–H and O–H groups in total. The predicted molar refractivity (Wildman–Crippen MR) is 120 cm³/mol. The van der Waals surface area contributed by atoms with Crippen molar-refractivity contribution in [1.82, 2.24) is 9.78 Å². The number of hydrogen-bond acceptors (Lipinski definition) is 4. The third-order valence-corrected chi connectivity index (χ3v) is 5.44. The van der Waals surface area contributed by atoms with Gasteiger partial charge in [0.05, 0.1) is 11.4 Å². The molecule has 2 aromatic carbocycles. The van der Waals surface area contributed by atoms with Crippen LogP contribution in [0.1, 0.15) is 16.1 Å². The zero-order valence-electron chi connectivity index (χ0n) is 14.8. The Morgan fingerprint density at radius 3 is 2.45 bits per heavy atom. The topological polar surface area (TPSA) is 84.2 Å². The summed E-state index contributed by atoms with van der Waals surface area (Å²) in [4.78, 5) is 24.7. The zero-order valence-corrected chi connectivity index (χ0v) is 17.2. The summed E-state index contributed by atoms with van der Waals surface area (Å²) in [7, 11) is 0. The van der Waals surface area contributed by atoms with Gasteiger partial charge in [0.25, 0.3) is 0 Å². The Morgan fingerprint density at radius 2 is 1.79 bits per heavy atom. The number of amides is 1. The van der Waals surface area contributed by atoms with E-state index in [0.717, 1.165) is 14.9 Å². The maximum absolute atomic E-state index is 12.2. The summed E-state index contributed by atoms with van der Waals surface area (Å²) in [5.74, 6) is -1.28. The average Bonchev–Trinajstić information content (AvgIpc) is 3.10. The van der Waals surface area contributed by atoms with E-state index >= 15 is 0 Å². The van der Waals surface area contributed by atoms with E-state index in [1.807, 2.05) is 54.6 Å². The molecule has 29 heavy (non-hydrogen) atoms. The molecule has 0 radical (unpaired) electrons. The first-order valence-corrected chi connectivity index (χ1v) is 10.3. The monoisotopic (exact) mass is 499 g/mol. The van der Waals surface area contributed by atoms with Gasteiger partial charge in [-0.2, -0.15) is 5.10 Å². The van der Waals surface area contributed by atoms with Gasteiger partial charge < -0.3 is 10.4 Å². The van der Waals surface area contributed by atoms with E-state index in [1.54, 1.807) is 10.9 Å². The van der Waals surface area contributed by atoms with Crippen LogP contribution in [0.3, 0.4) is 0 Å². The number of carbonyl (C=O) groups is 2. The Balaban J connectivity index is 0.00000300. The zero-order chi connectivity index (χ0) is 19.9. The normalized spacial score (nSPS) is 10.2. The molecule has 0 saturated carbocycles. The van der Waals surface area contributed by atoms with E-state index in [4.69, 9.17) is 0 Å². The van der Waals surface area contributed by atoms with Crippen LogP contribution < -0.4 is 5.32 Å². The number of hydrogen-bond donors (Lipinski definition) is 2. The van der Waals surface area contributed by atoms with Crippen LogP contribution in [0.25, 0.3) is 0 Å². The minimum atomic E-state index is -1.17. The van der Waals surface area contributed by atoms with E-state index in [2.05, 4.69) is 26.3 Å². The number of carboxylic acids is 1. The minimum absolute atomic E-state index is 0. The molecular weight excluding hydrogens is 481 g/mol. The van der Waals surface area contributed by atoms with Crippen molar-refractivity contribution in [2.75, 3.05) is 11.1 Å². The first kappa shape index (κ1) is 24.3. The number of benzene rings is 2. The molecule has 3 rings (SSSR count). The second kappa shape index (κ2) is 12.0. The molecule has 0 aliphatic heterocycles. The van der Waals surface area contributed by atoms with E-state index in [9.17, 15) is 14.7 Å². The van der Waals surface area contributed by atoms with Gasteiger partial charge in [0.2, 0.25) is 5.91 Å². The number of halogens is 1. The van der Waals surface area contributed by atoms with Crippen LogP contribution in [-0.4, -0.2) is 83.9 Å². The van der Waals surface area contributed by atoms with Crippen LogP contribution in [0.2, 0.25) is 0 Å². The van der Waals surface area contributed by atoms with Crippen LogP contribution in [-0.2, 0) is 17.8 Å². The van der Waals surface area contributed by atoms with E-state index in [0.29, 0.717) is 13.0 Å². The Hall–Kier alpha value is -0.944. The van der Waals surface area contributed by atoms with Crippen LogP contribution in [0.15, 0.2) is 70.2 Å². The summed E-state index contributed by atoms with van der Waals surface area (Å²) in [5, 5.41) is 16.1. The third-order valence-electron chi connectivity index (χ3n) is 3.89. The van der Waals surface area contributed by atoms with E-state index in [1.165, 1.54) is 11.8 Å². The second-order valence-electron chi connectivity index (χ2n) is 5.99. The van der Waals surface area contributed by atoms with Crippen molar-refractivity contribution in [2.24, 2.45) is 0 Å². The van der Waals surface area contributed by atoms with Crippen LogP contribution >= 0.6 is 27.7 Å². The predicted octanol–water partition coefficient (Wildman–Crippen LogP) is 3.67. The van der Waals surface area contributed by atoms with Crippen molar-refractivity contribution in [2.45, 2.75) is 17.9 Å². The van der Waals surface area contributed by atoms with Gasteiger partial charge in [0, 0.05) is 22.1 Å². The van der Waals surface area contributed by atoms with Gasteiger partial charge in [-0.15, -0.1) is 11.8 Å². The first-order chi connectivity index (χ1) is 13.5. The number of anilines is 1. The fourth-order valence-electron chi connectivity index (χ4n) is 2.54. The fraction of sp³-hybridized carbons (Fsp3) is 0.150. The molecule has 0 atom stereocenters. The number of thioether (sulfide) groups is 1. The SMILES string of the molecule is O=C(CSc1ccc(Br)cc1)Nc1cn(CCc2ccccc2)nc1C(=O)O.[KH]. The van der Waals surface area contributed by atoms with Crippen molar-refractivity contribution in [3.05, 3.63) is 76.5 Å². The van der Waals surface area contributed by atoms with Crippen molar-refractivity contribution in [3.63, 3.8) is 0 Å². The van der Waals surface area contributed by atoms with Gasteiger partial charge in [0.1, 0.15) is 0 Å². The summed E-state index contributed by atoms with van der Waals surface area (Å²) < 4.78 is 2.52. The van der Waals surface area contributed by atoms with Crippen molar-refractivity contribution < 1.29 is 14.7 Å². The quantitative estimate of drug-likeness (QED) is 0.364. The second-order valence-corrected chi connectivity index (χ2v) is 7.95. The number of aryl methyl sites for hydroxylation is 2. The molecule has 0 aliphatic carbocycles. The Labute approximate surface area is 224 Å². The molecule has 0 bridgehead atoms.